The fourth-order valence-electron chi connectivity index (χ4n) is 2.91. The smallest absolute Gasteiger partial charge is 0.212 e. The number of nitrogens with one attached hydrogen (secondary N) is 1. The third-order valence-corrected chi connectivity index (χ3v) is 4.26. The van der Waals surface area contributed by atoms with Crippen molar-refractivity contribution in [1.82, 2.24) is 10.3 Å². The fourth-order valence-corrected chi connectivity index (χ4v) is 2.91. The number of rotatable bonds is 3. The van der Waals surface area contributed by atoms with E-state index in [1.807, 2.05) is 6.07 Å². The summed E-state index contributed by atoms with van der Waals surface area (Å²) in [5.74, 6) is 1.66. The van der Waals surface area contributed by atoms with E-state index in [2.05, 4.69) is 36.3 Å². The monoisotopic (exact) mass is 258 g/mol. The molecule has 1 aromatic heterocycles. The molecule has 1 fully saturated rings. The molecule has 1 N–H and O–H groups in total. The molecule has 0 bridgehead atoms. The number of fused-ring (bicyclic) bond motifs is 1. The Morgan fingerprint density at radius 2 is 2.26 bits per heavy atom. The minimum Gasteiger partial charge on any atom is -0.439 e. The molecule has 0 spiro atoms. The molecule has 1 aliphatic rings. The Hall–Kier alpha value is -1.35. The molecule has 3 rings (SSSR count). The molecule has 3 nitrogen and oxygen atoms in total. The van der Waals surface area contributed by atoms with Crippen molar-refractivity contribution in [3.05, 3.63) is 29.7 Å². The van der Waals surface area contributed by atoms with Gasteiger partial charge in [-0.05, 0) is 49.4 Å². The Kier molecular flexibility index (Phi) is 3.56. The highest BCUT2D eigenvalue weighted by molar-refractivity contribution is 5.73. The molecule has 2 aromatic rings. The molecule has 2 unspecified atom stereocenters. The predicted molar refractivity (Wildman–Crippen MR) is 77.1 cm³/mol. The van der Waals surface area contributed by atoms with Gasteiger partial charge in [0.1, 0.15) is 5.52 Å². The van der Waals surface area contributed by atoms with E-state index in [0.29, 0.717) is 0 Å². The predicted octanol–water partition coefficient (Wildman–Crippen LogP) is 3.84. The molecule has 3 heteroatoms. The first kappa shape index (κ1) is 12.7. The van der Waals surface area contributed by atoms with Gasteiger partial charge in [-0.3, -0.25) is 0 Å². The van der Waals surface area contributed by atoms with Crippen LogP contribution in [0.15, 0.2) is 22.6 Å². The molecule has 102 valence electrons. The van der Waals surface area contributed by atoms with E-state index in [0.717, 1.165) is 42.3 Å². The van der Waals surface area contributed by atoms with E-state index in [4.69, 9.17) is 4.42 Å². The van der Waals surface area contributed by atoms with E-state index in [-0.39, 0.29) is 6.04 Å². The number of piperidine rings is 1. The van der Waals surface area contributed by atoms with Crippen molar-refractivity contribution >= 4 is 11.1 Å². The molecule has 0 radical (unpaired) electrons. The standard InChI is InChI=1S/C16H22N2O/c1-3-11-5-6-15-13(9-11)18-16(19-15)14-10-12(4-2)7-8-17-14/h5-6,9,12,14,17H,3-4,7-8,10H2,1-2H3. The number of hydrogen-bond acceptors (Lipinski definition) is 3. The summed E-state index contributed by atoms with van der Waals surface area (Å²) in [6, 6.07) is 6.60. The molecule has 0 saturated carbocycles. The normalized spacial score (nSPS) is 23.9. The highest BCUT2D eigenvalue weighted by Crippen LogP contribution is 2.30. The molecule has 0 amide bonds. The van der Waals surface area contributed by atoms with Crippen LogP contribution < -0.4 is 5.32 Å². The second-order valence-corrected chi connectivity index (χ2v) is 5.51. The maximum Gasteiger partial charge on any atom is 0.212 e. The average molecular weight is 258 g/mol. The first-order chi connectivity index (χ1) is 9.30. The first-order valence-corrected chi connectivity index (χ1v) is 7.43. The molecule has 1 aromatic carbocycles. The van der Waals surface area contributed by atoms with Crippen LogP contribution in [-0.4, -0.2) is 11.5 Å². The quantitative estimate of drug-likeness (QED) is 0.909. The minimum absolute atomic E-state index is 0.288. The largest absolute Gasteiger partial charge is 0.439 e. The average Bonchev–Trinajstić information content (AvgIpc) is 2.90. The van der Waals surface area contributed by atoms with Crippen molar-refractivity contribution in [2.24, 2.45) is 5.92 Å². The van der Waals surface area contributed by atoms with Crippen LogP contribution in [0.5, 0.6) is 0 Å². The molecule has 0 aliphatic carbocycles. The van der Waals surface area contributed by atoms with Crippen LogP contribution in [0.3, 0.4) is 0 Å². The molecular formula is C16H22N2O. The zero-order valence-corrected chi connectivity index (χ0v) is 11.8. The van der Waals surface area contributed by atoms with Crippen LogP contribution >= 0.6 is 0 Å². The number of nitrogens with zero attached hydrogens (tertiary/aromatic N) is 1. The maximum absolute atomic E-state index is 5.93. The summed E-state index contributed by atoms with van der Waals surface area (Å²) in [6.45, 7) is 5.51. The topological polar surface area (TPSA) is 38.1 Å². The lowest BCUT2D eigenvalue weighted by atomic mass is 9.90. The number of hydrogen-bond donors (Lipinski definition) is 1. The molecular weight excluding hydrogens is 236 g/mol. The van der Waals surface area contributed by atoms with Crippen molar-refractivity contribution in [1.29, 1.82) is 0 Å². The van der Waals surface area contributed by atoms with Crippen LogP contribution in [0.1, 0.15) is 50.6 Å². The summed E-state index contributed by atoms with van der Waals surface area (Å²) in [5, 5.41) is 3.53. The number of aryl methyl sites for hydroxylation is 1. The van der Waals surface area contributed by atoms with Crippen molar-refractivity contribution < 1.29 is 4.42 Å². The van der Waals surface area contributed by atoms with Crippen molar-refractivity contribution in [3.63, 3.8) is 0 Å². The van der Waals surface area contributed by atoms with Crippen LogP contribution in [-0.2, 0) is 6.42 Å². The Morgan fingerprint density at radius 1 is 1.37 bits per heavy atom. The van der Waals surface area contributed by atoms with Gasteiger partial charge in [-0.25, -0.2) is 4.98 Å². The van der Waals surface area contributed by atoms with E-state index in [1.54, 1.807) is 0 Å². The zero-order chi connectivity index (χ0) is 13.2. The molecule has 1 saturated heterocycles. The van der Waals surface area contributed by atoms with Crippen molar-refractivity contribution in [2.75, 3.05) is 6.54 Å². The van der Waals surface area contributed by atoms with Gasteiger partial charge in [0.15, 0.2) is 5.58 Å². The lowest BCUT2D eigenvalue weighted by molar-refractivity contribution is 0.268. The van der Waals surface area contributed by atoms with Crippen LogP contribution in [0.25, 0.3) is 11.1 Å². The Morgan fingerprint density at radius 3 is 3.05 bits per heavy atom. The Labute approximate surface area is 114 Å². The van der Waals surface area contributed by atoms with Gasteiger partial charge in [0.2, 0.25) is 5.89 Å². The summed E-state index contributed by atoms with van der Waals surface area (Å²) in [5.41, 5.74) is 3.22. The number of benzene rings is 1. The Balaban J connectivity index is 1.88. The highest BCUT2D eigenvalue weighted by atomic mass is 16.3. The summed E-state index contributed by atoms with van der Waals surface area (Å²) >= 11 is 0. The lowest BCUT2D eigenvalue weighted by Gasteiger charge is -2.27. The first-order valence-electron chi connectivity index (χ1n) is 7.43. The van der Waals surface area contributed by atoms with Gasteiger partial charge in [-0.15, -0.1) is 0 Å². The van der Waals surface area contributed by atoms with Gasteiger partial charge >= 0.3 is 0 Å². The van der Waals surface area contributed by atoms with Crippen LogP contribution in [0.4, 0.5) is 0 Å². The lowest BCUT2D eigenvalue weighted by Crippen LogP contribution is -2.31. The maximum atomic E-state index is 5.93. The number of oxazole rings is 1. The van der Waals surface area contributed by atoms with Crippen LogP contribution in [0.2, 0.25) is 0 Å². The summed E-state index contributed by atoms with van der Waals surface area (Å²) in [6.07, 6.45) is 4.70. The van der Waals surface area contributed by atoms with E-state index < -0.39 is 0 Å². The second-order valence-electron chi connectivity index (χ2n) is 5.51. The number of aromatic nitrogens is 1. The van der Waals surface area contributed by atoms with Gasteiger partial charge in [-0.2, -0.15) is 0 Å². The molecule has 1 aliphatic heterocycles. The van der Waals surface area contributed by atoms with E-state index in [9.17, 15) is 0 Å². The third kappa shape index (κ3) is 2.52. The minimum atomic E-state index is 0.288. The molecule has 2 heterocycles. The molecule has 19 heavy (non-hydrogen) atoms. The zero-order valence-electron chi connectivity index (χ0n) is 11.8. The fraction of sp³-hybridized carbons (Fsp3) is 0.562. The van der Waals surface area contributed by atoms with Crippen molar-refractivity contribution in [2.45, 2.75) is 45.6 Å². The van der Waals surface area contributed by atoms with E-state index in [1.165, 1.54) is 18.4 Å². The highest BCUT2D eigenvalue weighted by Gasteiger charge is 2.25. The van der Waals surface area contributed by atoms with Crippen LogP contribution in [0, 0.1) is 5.92 Å². The van der Waals surface area contributed by atoms with Gasteiger partial charge in [-0.1, -0.05) is 26.3 Å². The molecule has 2 atom stereocenters. The second kappa shape index (κ2) is 5.33. The summed E-state index contributed by atoms with van der Waals surface area (Å²) in [7, 11) is 0. The van der Waals surface area contributed by atoms with Gasteiger partial charge in [0.25, 0.3) is 0 Å². The van der Waals surface area contributed by atoms with Gasteiger partial charge in [0, 0.05) is 0 Å². The SMILES string of the molecule is CCc1ccc2oc(C3CC(CC)CCN3)nc2c1. The van der Waals surface area contributed by atoms with Gasteiger partial charge < -0.3 is 9.73 Å². The van der Waals surface area contributed by atoms with Crippen molar-refractivity contribution in [3.8, 4) is 0 Å². The Bertz CT molecular complexity index is 561. The third-order valence-electron chi connectivity index (χ3n) is 4.26. The van der Waals surface area contributed by atoms with Gasteiger partial charge in [0.05, 0.1) is 6.04 Å². The van der Waals surface area contributed by atoms with E-state index >= 15 is 0 Å². The summed E-state index contributed by atoms with van der Waals surface area (Å²) in [4.78, 5) is 4.68. The summed E-state index contributed by atoms with van der Waals surface area (Å²) < 4.78 is 5.93.